The van der Waals surface area contributed by atoms with Crippen molar-refractivity contribution in [1.82, 2.24) is 9.97 Å². The maximum atomic E-state index is 12.6. The first-order valence-electron chi connectivity index (χ1n) is 10.4. The molecule has 2 heterocycles. The van der Waals surface area contributed by atoms with Crippen molar-refractivity contribution in [3.8, 4) is 0 Å². The molecule has 1 aromatic heterocycles. The van der Waals surface area contributed by atoms with Gasteiger partial charge in [-0.3, -0.25) is 4.79 Å². The Balaban J connectivity index is 1.44. The minimum atomic E-state index is -0.117. The van der Waals surface area contributed by atoms with Crippen LogP contribution in [0.3, 0.4) is 0 Å². The zero-order valence-electron chi connectivity index (χ0n) is 18.1. The number of benzene rings is 2. The third-order valence-corrected chi connectivity index (χ3v) is 5.04. The van der Waals surface area contributed by atoms with Gasteiger partial charge >= 0.3 is 0 Å². The standard InChI is InChI=1S/C24H27N5O2/c1-16-12-17(2)14-19(13-16)23(30)27-21-6-4-20(5-7-21)26-22-15-18(3)25-24(28-22)29-8-10-31-11-9-29/h4-7,12-15H,8-11H2,1-3H3,(H,27,30)(H,25,26,28). The Bertz CT molecular complexity index is 1060. The summed E-state index contributed by atoms with van der Waals surface area (Å²) in [4.78, 5) is 23.9. The first kappa shape index (κ1) is 20.8. The van der Waals surface area contributed by atoms with E-state index in [4.69, 9.17) is 4.74 Å². The van der Waals surface area contributed by atoms with Crippen molar-refractivity contribution in [2.45, 2.75) is 20.8 Å². The molecule has 0 unspecified atom stereocenters. The summed E-state index contributed by atoms with van der Waals surface area (Å²) < 4.78 is 5.41. The highest BCUT2D eigenvalue weighted by molar-refractivity contribution is 6.04. The quantitative estimate of drug-likeness (QED) is 0.647. The van der Waals surface area contributed by atoms with Gasteiger partial charge in [0.05, 0.1) is 13.2 Å². The average molecular weight is 418 g/mol. The number of carbonyl (C=O) groups excluding carboxylic acids is 1. The highest BCUT2D eigenvalue weighted by atomic mass is 16.5. The van der Waals surface area contributed by atoms with Crippen LogP contribution in [0.2, 0.25) is 0 Å². The molecular formula is C24H27N5O2. The number of carbonyl (C=O) groups is 1. The van der Waals surface area contributed by atoms with Crippen LogP contribution in [0.1, 0.15) is 27.2 Å². The number of morpholine rings is 1. The highest BCUT2D eigenvalue weighted by Gasteiger charge is 2.15. The number of rotatable bonds is 5. The lowest BCUT2D eigenvalue weighted by atomic mass is 10.1. The van der Waals surface area contributed by atoms with Crippen LogP contribution in [0.4, 0.5) is 23.1 Å². The van der Waals surface area contributed by atoms with Crippen molar-refractivity contribution in [2.75, 3.05) is 41.8 Å². The summed E-state index contributed by atoms with van der Waals surface area (Å²) >= 11 is 0. The topological polar surface area (TPSA) is 79.4 Å². The molecule has 0 spiro atoms. The molecule has 160 valence electrons. The molecule has 7 nitrogen and oxygen atoms in total. The predicted molar refractivity (Wildman–Crippen MR) is 123 cm³/mol. The molecule has 7 heteroatoms. The first-order valence-corrected chi connectivity index (χ1v) is 10.4. The molecule has 2 N–H and O–H groups in total. The fourth-order valence-electron chi connectivity index (χ4n) is 3.62. The van der Waals surface area contributed by atoms with Crippen LogP contribution in [-0.2, 0) is 4.74 Å². The van der Waals surface area contributed by atoms with Crippen molar-refractivity contribution in [1.29, 1.82) is 0 Å². The number of nitrogens with one attached hydrogen (secondary N) is 2. The van der Waals surface area contributed by atoms with Crippen LogP contribution in [0, 0.1) is 20.8 Å². The fraction of sp³-hybridized carbons (Fsp3) is 0.292. The Morgan fingerprint density at radius 1 is 0.903 bits per heavy atom. The van der Waals surface area contributed by atoms with E-state index in [2.05, 4.69) is 31.6 Å². The maximum absolute atomic E-state index is 12.6. The Kier molecular flexibility index (Phi) is 6.13. The van der Waals surface area contributed by atoms with Crippen LogP contribution in [0.5, 0.6) is 0 Å². The molecule has 1 fully saturated rings. The second kappa shape index (κ2) is 9.14. The zero-order chi connectivity index (χ0) is 21.8. The Morgan fingerprint density at radius 3 is 2.23 bits per heavy atom. The van der Waals surface area contributed by atoms with Crippen LogP contribution >= 0.6 is 0 Å². The summed E-state index contributed by atoms with van der Waals surface area (Å²) in [7, 11) is 0. The minimum absolute atomic E-state index is 0.117. The van der Waals surface area contributed by atoms with Gasteiger partial charge in [-0.15, -0.1) is 0 Å². The molecule has 31 heavy (non-hydrogen) atoms. The summed E-state index contributed by atoms with van der Waals surface area (Å²) in [5, 5.41) is 6.28. The molecule has 1 amide bonds. The van der Waals surface area contributed by atoms with Gasteiger partial charge in [0.2, 0.25) is 5.95 Å². The smallest absolute Gasteiger partial charge is 0.255 e. The summed E-state index contributed by atoms with van der Waals surface area (Å²) in [6, 6.07) is 15.3. The number of anilines is 4. The van der Waals surface area contributed by atoms with Crippen molar-refractivity contribution >= 4 is 29.0 Å². The molecule has 0 atom stereocenters. The number of amides is 1. The Hall–Kier alpha value is -3.45. The Morgan fingerprint density at radius 2 is 1.55 bits per heavy atom. The molecule has 0 saturated carbocycles. The van der Waals surface area contributed by atoms with E-state index in [0.29, 0.717) is 24.7 Å². The van der Waals surface area contributed by atoms with Crippen molar-refractivity contribution < 1.29 is 9.53 Å². The summed E-state index contributed by atoms with van der Waals surface area (Å²) in [6.07, 6.45) is 0. The lowest BCUT2D eigenvalue weighted by molar-refractivity contribution is 0.102. The third-order valence-electron chi connectivity index (χ3n) is 5.04. The first-order chi connectivity index (χ1) is 15.0. The maximum Gasteiger partial charge on any atom is 0.255 e. The van der Waals surface area contributed by atoms with Gasteiger partial charge in [-0.1, -0.05) is 17.2 Å². The molecule has 2 aromatic carbocycles. The zero-order valence-corrected chi connectivity index (χ0v) is 18.1. The molecule has 0 radical (unpaired) electrons. The number of aromatic nitrogens is 2. The van der Waals surface area contributed by atoms with Gasteiger partial charge in [0.25, 0.3) is 5.91 Å². The van der Waals surface area contributed by atoms with Crippen molar-refractivity contribution in [3.05, 3.63) is 70.9 Å². The van der Waals surface area contributed by atoms with Crippen LogP contribution in [0.25, 0.3) is 0 Å². The van der Waals surface area contributed by atoms with Crippen molar-refractivity contribution in [3.63, 3.8) is 0 Å². The number of hydrogen-bond acceptors (Lipinski definition) is 6. The monoisotopic (exact) mass is 417 g/mol. The number of nitrogens with zero attached hydrogens (tertiary/aromatic N) is 3. The molecule has 1 aliphatic rings. The van der Waals surface area contributed by atoms with Gasteiger partial charge < -0.3 is 20.3 Å². The average Bonchev–Trinajstić information content (AvgIpc) is 2.75. The molecule has 0 bridgehead atoms. The highest BCUT2D eigenvalue weighted by Crippen LogP contribution is 2.21. The molecule has 4 rings (SSSR count). The number of aryl methyl sites for hydroxylation is 3. The summed E-state index contributed by atoms with van der Waals surface area (Å²) in [5.41, 5.74) is 5.32. The Labute approximate surface area is 182 Å². The van der Waals surface area contributed by atoms with Gasteiger partial charge in [-0.05, 0) is 57.2 Å². The van der Waals surface area contributed by atoms with Gasteiger partial charge in [0.1, 0.15) is 5.82 Å². The molecular weight excluding hydrogens is 390 g/mol. The summed E-state index contributed by atoms with van der Waals surface area (Å²) in [6.45, 7) is 8.90. The second-order valence-corrected chi connectivity index (χ2v) is 7.83. The molecule has 1 saturated heterocycles. The van der Waals surface area contributed by atoms with E-state index in [9.17, 15) is 4.79 Å². The minimum Gasteiger partial charge on any atom is -0.378 e. The third kappa shape index (κ3) is 5.38. The van der Waals surface area contributed by atoms with E-state index < -0.39 is 0 Å². The normalized spacial score (nSPS) is 13.7. The SMILES string of the molecule is Cc1cc(C)cc(C(=O)Nc2ccc(Nc3cc(C)nc(N4CCOCC4)n3)cc2)c1. The largest absolute Gasteiger partial charge is 0.378 e. The van der Waals surface area contributed by atoms with Gasteiger partial charge in [-0.25, -0.2) is 4.98 Å². The lowest BCUT2D eigenvalue weighted by Gasteiger charge is -2.27. The summed E-state index contributed by atoms with van der Waals surface area (Å²) in [5.74, 6) is 1.33. The molecule has 0 aliphatic carbocycles. The predicted octanol–water partition coefficient (Wildman–Crippen LogP) is 4.23. The van der Waals surface area contributed by atoms with E-state index >= 15 is 0 Å². The van der Waals surface area contributed by atoms with E-state index in [-0.39, 0.29) is 5.91 Å². The van der Waals surface area contributed by atoms with Gasteiger partial charge in [-0.2, -0.15) is 4.98 Å². The van der Waals surface area contributed by atoms with E-state index in [1.807, 2.05) is 63.2 Å². The van der Waals surface area contributed by atoms with E-state index in [1.165, 1.54) is 0 Å². The fourth-order valence-corrected chi connectivity index (χ4v) is 3.62. The lowest BCUT2D eigenvalue weighted by Crippen LogP contribution is -2.37. The molecule has 1 aliphatic heterocycles. The van der Waals surface area contributed by atoms with E-state index in [1.54, 1.807) is 0 Å². The van der Waals surface area contributed by atoms with Crippen LogP contribution < -0.4 is 15.5 Å². The second-order valence-electron chi connectivity index (χ2n) is 7.83. The molecule has 3 aromatic rings. The van der Waals surface area contributed by atoms with Crippen LogP contribution in [-0.4, -0.2) is 42.2 Å². The van der Waals surface area contributed by atoms with Crippen LogP contribution in [0.15, 0.2) is 48.5 Å². The number of hydrogen-bond donors (Lipinski definition) is 2. The van der Waals surface area contributed by atoms with E-state index in [0.717, 1.165) is 47.1 Å². The number of ether oxygens (including phenoxy) is 1. The van der Waals surface area contributed by atoms with Crippen molar-refractivity contribution in [2.24, 2.45) is 0 Å². The van der Waals surface area contributed by atoms with Gasteiger partial charge in [0.15, 0.2) is 0 Å². The van der Waals surface area contributed by atoms with Gasteiger partial charge in [0, 0.05) is 41.8 Å².